The highest BCUT2D eigenvalue weighted by atomic mass is 16.4. The Balaban J connectivity index is 4.13. The number of hydrogen-bond acceptors (Lipinski definition) is 5. The largest absolute Gasteiger partial charge is 0.548 e. The number of carboxylic acid groups (broad SMARTS) is 1. The van der Waals surface area contributed by atoms with E-state index in [1.165, 1.54) is 0 Å². The number of unbranched alkanes of at least 4 members (excludes halogenated alkanes) is 3. The lowest BCUT2D eigenvalue weighted by Gasteiger charge is -2.21. The first-order valence-corrected chi connectivity index (χ1v) is 10.0. The van der Waals surface area contributed by atoms with Crippen LogP contribution in [-0.2, 0) is 19.2 Å². The summed E-state index contributed by atoms with van der Waals surface area (Å²) in [6.07, 6.45) is 4.50. The molecule has 0 fully saturated rings. The third kappa shape index (κ3) is 12.6. The summed E-state index contributed by atoms with van der Waals surface area (Å²) in [6, 6.07) is -1.65. The molecule has 0 unspecified atom stereocenters. The fourth-order valence-electron chi connectivity index (χ4n) is 2.56. The Morgan fingerprint density at radius 2 is 1.55 bits per heavy atom. The van der Waals surface area contributed by atoms with E-state index in [4.69, 9.17) is 0 Å². The van der Waals surface area contributed by atoms with Gasteiger partial charge in [0, 0.05) is 25.0 Å². The Bertz CT molecular complexity index is 615. The average Bonchev–Trinajstić information content (AvgIpc) is 2.65. The van der Waals surface area contributed by atoms with Crippen LogP contribution in [0.1, 0.15) is 65.2 Å². The highest BCUT2D eigenvalue weighted by molar-refractivity contribution is 5.94. The number of nitrogens with one attached hydrogen (secondary N) is 2. The van der Waals surface area contributed by atoms with E-state index in [1.807, 2.05) is 0 Å². The van der Waals surface area contributed by atoms with Gasteiger partial charge in [-0.2, -0.15) is 0 Å². The van der Waals surface area contributed by atoms with E-state index in [9.17, 15) is 24.3 Å². The quantitative estimate of drug-likeness (QED) is 0.239. The van der Waals surface area contributed by atoms with E-state index in [2.05, 4.69) is 29.5 Å². The average molecular weight is 410 g/mol. The number of carbonyl (C=O) groups excluding carboxylic acids is 4. The molecule has 0 heterocycles. The van der Waals surface area contributed by atoms with Crippen LogP contribution in [0.4, 0.5) is 0 Å². The molecule has 0 aliphatic rings. The SMILES string of the molecule is C=C(C)C(=O)CCCCC[C@H]([NH3+])C(=O)N[C@@H](CCCCNC(=O)C(=C)C)C(=O)[O-]. The molecule has 8 heteroatoms. The summed E-state index contributed by atoms with van der Waals surface area (Å²) in [5, 5.41) is 16.4. The maximum absolute atomic E-state index is 12.2. The molecule has 8 nitrogen and oxygen atoms in total. The molecular weight excluding hydrogens is 374 g/mol. The van der Waals surface area contributed by atoms with E-state index >= 15 is 0 Å². The molecule has 0 radical (unpaired) electrons. The van der Waals surface area contributed by atoms with Gasteiger partial charge < -0.3 is 26.3 Å². The molecule has 0 rings (SSSR count). The van der Waals surface area contributed by atoms with Gasteiger partial charge >= 0.3 is 0 Å². The first kappa shape index (κ1) is 26.5. The van der Waals surface area contributed by atoms with Crippen LogP contribution in [0.3, 0.4) is 0 Å². The topological polar surface area (TPSA) is 143 Å². The van der Waals surface area contributed by atoms with Gasteiger partial charge in [0.1, 0.15) is 0 Å². The van der Waals surface area contributed by atoms with Crippen molar-refractivity contribution in [2.75, 3.05) is 6.54 Å². The minimum atomic E-state index is -1.34. The number of ketones is 1. The Morgan fingerprint density at radius 1 is 0.931 bits per heavy atom. The monoisotopic (exact) mass is 409 g/mol. The molecule has 0 saturated heterocycles. The summed E-state index contributed by atoms with van der Waals surface area (Å²) in [4.78, 5) is 46.3. The lowest BCUT2D eigenvalue weighted by atomic mass is 10.0. The first-order valence-electron chi connectivity index (χ1n) is 10.0. The maximum atomic E-state index is 12.2. The van der Waals surface area contributed by atoms with Crippen LogP contribution in [0.2, 0.25) is 0 Å². The van der Waals surface area contributed by atoms with Gasteiger partial charge in [0.15, 0.2) is 11.8 Å². The van der Waals surface area contributed by atoms with Crippen LogP contribution < -0.4 is 21.5 Å². The van der Waals surface area contributed by atoms with E-state index in [-0.39, 0.29) is 18.1 Å². The number of aliphatic carboxylic acids is 1. The maximum Gasteiger partial charge on any atom is 0.278 e. The standard InChI is InChI=1S/C21H35N3O5/c1-14(2)18(25)12-7-5-6-10-16(22)20(27)24-17(21(28)29)11-8-9-13-23-19(26)15(3)4/h16-17H,1,3,5-13,22H2,2,4H3,(H,23,26)(H,24,27)(H,28,29)/t16-,17-/m0/s1. The van der Waals surface area contributed by atoms with Gasteiger partial charge in [0.05, 0.1) is 12.0 Å². The summed E-state index contributed by atoms with van der Waals surface area (Å²) < 4.78 is 0. The zero-order valence-corrected chi connectivity index (χ0v) is 17.7. The number of carboxylic acids is 1. The Hall–Kier alpha value is -2.48. The van der Waals surface area contributed by atoms with Crippen LogP contribution in [0.5, 0.6) is 0 Å². The van der Waals surface area contributed by atoms with Crippen LogP contribution in [0.15, 0.2) is 24.3 Å². The van der Waals surface area contributed by atoms with Crippen LogP contribution >= 0.6 is 0 Å². The molecule has 2 amide bonds. The van der Waals surface area contributed by atoms with Crippen molar-refractivity contribution < 1.29 is 30.0 Å². The fraction of sp³-hybridized carbons (Fsp3) is 0.619. The first-order chi connectivity index (χ1) is 13.6. The molecular formula is C21H35N3O5. The molecule has 0 aliphatic heterocycles. The van der Waals surface area contributed by atoms with Crippen molar-refractivity contribution in [1.82, 2.24) is 10.6 Å². The molecule has 0 aromatic rings. The summed E-state index contributed by atoms with van der Waals surface area (Å²) in [6.45, 7) is 10.8. The van der Waals surface area contributed by atoms with Gasteiger partial charge in [0.25, 0.3) is 5.91 Å². The zero-order chi connectivity index (χ0) is 22.4. The summed E-state index contributed by atoms with van der Waals surface area (Å²) in [5.74, 6) is -1.95. The van der Waals surface area contributed by atoms with Gasteiger partial charge in [0.2, 0.25) is 5.91 Å². The summed E-state index contributed by atoms with van der Waals surface area (Å²) in [7, 11) is 0. The normalized spacial score (nSPS) is 12.5. The molecule has 29 heavy (non-hydrogen) atoms. The molecule has 0 bridgehead atoms. The number of allylic oxidation sites excluding steroid dienone is 1. The Labute approximate surface area is 173 Å². The van der Waals surface area contributed by atoms with E-state index < -0.39 is 24.0 Å². The van der Waals surface area contributed by atoms with Gasteiger partial charge in [-0.3, -0.25) is 14.4 Å². The predicted molar refractivity (Wildman–Crippen MR) is 108 cm³/mol. The van der Waals surface area contributed by atoms with Crippen molar-refractivity contribution in [2.24, 2.45) is 0 Å². The molecule has 0 aromatic carbocycles. The van der Waals surface area contributed by atoms with Crippen molar-refractivity contribution in [3.05, 3.63) is 24.3 Å². The van der Waals surface area contributed by atoms with Gasteiger partial charge in [-0.25, -0.2) is 0 Å². The minimum absolute atomic E-state index is 0.0462. The van der Waals surface area contributed by atoms with E-state index in [0.717, 1.165) is 19.3 Å². The second-order valence-corrected chi connectivity index (χ2v) is 7.41. The number of carbonyl (C=O) groups is 4. The number of amides is 2. The second kappa shape index (κ2) is 14.5. The van der Waals surface area contributed by atoms with Gasteiger partial charge in [-0.1, -0.05) is 19.6 Å². The third-order valence-electron chi connectivity index (χ3n) is 4.50. The molecule has 2 atom stereocenters. The van der Waals surface area contributed by atoms with Crippen LogP contribution in [-0.4, -0.2) is 42.2 Å². The molecule has 0 spiro atoms. The van der Waals surface area contributed by atoms with Crippen LogP contribution in [0.25, 0.3) is 0 Å². The Kier molecular flexibility index (Phi) is 13.3. The number of quaternary nitrogens is 1. The predicted octanol–water partition coefficient (Wildman–Crippen LogP) is -0.210. The lowest BCUT2D eigenvalue weighted by molar-refractivity contribution is -0.405. The van der Waals surface area contributed by atoms with E-state index in [1.54, 1.807) is 13.8 Å². The number of hydrogen-bond donors (Lipinski definition) is 3. The van der Waals surface area contributed by atoms with Gasteiger partial charge in [-0.05, 0) is 51.5 Å². The molecule has 0 aliphatic carbocycles. The van der Waals surface area contributed by atoms with Gasteiger partial charge in [-0.15, -0.1) is 0 Å². The lowest BCUT2D eigenvalue weighted by Crippen LogP contribution is -2.68. The third-order valence-corrected chi connectivity index (χ3v) is 4.50. The highest BCUT2D eigenvalue weighted by Crippen LogP contribution is 2.08. The van der Waals surface area contributed by atoms with Crippen molar-refractivity contribution in [2.45, 2.75) is 77.3 Å². The highest BCUT2D eigenvalue weighted by Gasteiger charge is 2.21. The number of rotatable bonds is 16. The summed E-state index contributed by atoms with van der Waals surface area (Å²) >= 11 is 0. The minimum Gasteiger partial charge on any atom is -0.548 e. The smallest absolute Gasteiger partial charge is 0.278 e. The molecule has 164 valence electrons. The second-order valence-electron chi connectivity index (χ2n) is 7.41. The van der Waals surface area contributed by atoms with E-state index in [0.29, 0.717) is 43.4 Å². The summed E-state index contributed by atoms with van der Waals surface area (Å²) in [5.41, 5.74) is 4.75. The molecule has 0 saturated carbocycles. The van der Waals surface area contributed by atoms with Crippen molar-refractivity contribution >= 4 is 23.6 Å². The Morgan fingerprint density at radius 3 is 2.10 bits per heavy atom. The molecule has 0 aromatic heterocycles. The fourth-order valence-corrected chi connectivity index (χ4v) is 2.56. The van der Waals surface area contributed by atoms with Crippen molar-refractivity contribution in [1.29, 1.82) is 0 Å². The number of Topliss-reactive ketones (excluding diaryl/α,β-unsaturated/α-hetero) is 1. The molecule has 5 N–H and O–H groups in total. The van der Waals surface area contributed by atoms with Crippen LogP contribution in [0, 0.1) is 0 Å². The van der Waals surface area contributed by atoms with Crippen molar-refractivity contribution in [3.63, 3.8) is 0 Å². The van der Waals surface area contributed by atoms with Crippen molar-refractivity contribution in [3.8, 4) is 0 Å². The zero-order valence-electron chi connectivity index (χ0n) is 17.7.